The van der Waals surface area contributed by atoms with Crippen LogP contribution in [0.25, 0.3) is 0 Å². The molecule has 0 amide bonds. The Morgan fingerprint density at radius 1 is 1.21 bits per heavy atom. The number of aromatic nitrogens is 3. The molecule has 1 aromatic heterocycles. The second-order valence-electron chi connectivity index (χ2n) is 4.68. The van der Waals surface area contributed by atoms with Crippen LogP contribution in [0, 0.1) is 0 Å². The molecule has 0 atom stereocenters. The average molecular weight is 307 g/mol. The zero-order valence-electron chi connectivity index (χ0n) is 11.0. The maximum Gasteiger partial charge on any atom is 0.297 e. The SMILES string of the molecule is Cn1c(SCCSC2CCCCC2)nnc1C(F)F. The number of halogens is 2. The Morgan fingerprint density at radius 2 is 1.95 bits per heavy atom. The first kappa shape index (κ1) is 15.1. The van der Waals surface area contributed by atoms with Gasteiger partial charge in [0.15, 0.2) is 5.16 Å². The molecule has 1 heterocycles. The van der Waals surface area contributed by atoms with Gasteiger partial charge in [-0.1, -0.05) is 31.0 Å². The molecule has 1 aliphatic carbocycles. The van der Waals surface area contributed by atoms with E-state index in [1.54, 1.807) is 7.05 Å². The monoisotopic (exact) mass is 307 g/mol. The van der Waals surface area contributed by atoms with Crippen LogP contribution in [0.15, 0.2) is 5.16 Å². The number of hydrogen-bond acceptors (Lipinski definition) is 4. The van der Waals surface area contributed by atoms with Gasteiger partial charge in [-0.2, -0.15) is 11.8 Å². The molecule has 1 saturated carbocycles. The van der Waals surface area contributed by atoms with Crippen molar-refractivity contribution in [3.05, 3.63) is 5.82 Å². The molecule has 0 radical (unpaired) electrons. The number of nitrogens with zero attached hydrogens (tertiary/aromatic N) is 3. The van der Waals surface area contributed by atoms with Gasteiger partial charge in [0.25, 0.3) is 6.43 Å². The van der Waals surface area contributed by atoms with E-state index in [9.17, 15) is 8.78 Å². The molecule has 0 N–H and O–H groups in total. The molecular weight excluding hydrogens is 288 g/mol. The first-order valence-electron chi connectivity index (χ1n) is 6.60. The number of alkyl halides is 2. The Balaban J connectivity index is 1.70. The summed E-state index contributed by atoms with van der Waals surface area (Å²) in [7, 11) is 1.60. The van der Waals surface area contributed by atoms with Gasteiger partial charge in [0, 0.05) is 23.8 Å². The van der Waals surface area contributed by atoms with Crippen molar-refractivity contribution < 1.29 is 8.78 Å². The van der Waals surface area contributed by atoms with Crippen LogP contribution in [0.3, 0.4) is 0 Å². The van der Waals surface area contributed by atoms with Crippen molar-refractivity contribution in [3.63, 3.8) is 0 Å². The minimum absolute atomic E-state index is 0.248. The lowest BCUT2D eigenvalue weighted by molar-refractivity contribution is 0.135. The minimum atomic E-state index is -2.55. The molecule has 3 nitrogen and oxygen atoms in total. The Morgan fingerprint density at radius 3 is 2.58 bits per heavy atom. The summed E-state index contributed by atoms with van der Waals surface area (Å²) in [6.07, 6.45) is 4.19. The molecule has 1 fully saturated rings. The van der Waals surface area contributed by atoms with E-state index < -0.39 is 6.43 Å². The third-order valence-electron chi connectivity index (χ3n) is 3.28. The van der Waals surface area contributed by atoms with Crippen molar-refractivity contribution in [3.8, 4) is 0 Å². The first-order valence-corrected chi connectivity index (χ1v) is 8.63. The Hall–Kier alpha value is -0.300. The number of thioether (sulfide) groups is 2. The maximum absolute atomic E-state index is 12.5. The summed E-state index contributed by atoms with van der Waals surface area (Å²) in [6, 6.07) is 0. The van der Waals surface area contributed by atoms with E-state index in [4.69, 9.17) is 0 Å². The van der Waals surface area contributed by atoms with Crippen molar-refractivity contribution in [1.29, 1.82) is 0 Å². The number of hydrogen-bond donors (Lipinski definition) is 0. The lowest BCUT2D eigenvalue weighted by atomic mass is 10.0. The summed E-state index contributed by atoms with van der Waals surface area (Å²) in [5, 5.41) is 8.71. The highest BCUT2D eigenvalue weighted by atomic mass is 32.2. The van der Waals surface area contributed by atoms with Crippen molar-refractivity contribution in [2.75, 3.05) is 11.5 Å². The molecule has 0 saturated heterocycles. The van der Waals surface area contributed by atoms with E-state index >= 15 is 0 Å². The summed E-state index contributed by atoms with van der Waals surface area (Å²) in [5.41, 5.74) is 0. The molecule has 2 rings (SSSR count). The molecule has 0 unspecified atom stereocenters. The van der Waals surface area contributed by atoms with Gasteiger partial charge >= 0.3 is 0 Å². The fourth-order valence-corrected chi connectivity index (χ4v) is 4.51. The molecule has 0 bridgehead atoms. The van der Waals surface area contributed by atoms with Crippen molar-refractivity contribution >= 4 is 23.5 Å². The predicted octanol–water partition coefficient (Wildman–Crippen LogP) is 3.91. The second-order valence-corrected chi connectivity index (χ2v) is 7.15. The van der Waals surface area contributed by atoms with Gasteiger partial charge in [-0.3, -0.25) is 0 Å². The predicted molar refractivity (Wildman–Crippen MR) is 76.0 cm³/mol. The van der Waals surface area contributed by atoms with E-state index in [0.717, 1.165) is 16.8 Å². The van der Waals surface area contributed by atoms with Crippen molar-refractivity contribution in [2.24, 2.45) is 7.05 Å². The van der Waals surface area contributed by atoms with Crippen LogP contribution < -0.4 is 0 Å². The molecule has 1 aromatic rings. The van der Waals surface area contributed by atoms with Gasteiger partial charge in [0.05, 0.1) is 0 Å². The smallest absolute Gasteiger partial charge is 0.297 e. The Kier molecular flexibility index (Phi) is 5.94. The molecule has 7 heteroatoms. The van der Waals surface area contributed by atoms with Crippen LogP contribution in [0.2, 0.25) is 0 Å². The van der Waals surface area contributed by atoms with Crippen molar-refractivity contribution in [1.82, 2.24) is 14.8 Å². The molecule has 19 heavy (non-hydrogen) atoms. The third-order valence-corrected chi connectivity index (χ3v) is 5.95. The molecule has 108 valence electrons. The van der Waals surface area contributed by atoms with Gasteiger partial charge < -0.3 is 4.57 Å². The molecule has 0 aromatic carbocycles. The Bertz CT molecular complexity index is 392. The summed E-state index contributed by atoms with van der Waals surface area (Å²) in [4.78, 5) is 0. The zero-order valence-corrected chi connectivity index (χ0v) is 12.7. The fourth-order valence-electron chi connectivity index (χ4n) is 2.22. The van der Waals surface area contributed by atoms with E-state index in [1.165, 1.54) is 48.4 Å². The van der Waals surface area contributed by atoms with Crippen LogP contribution in [-0.4, -0.2) is 31.5 Å². The maximum atomic E-state index is 12.5. The molecule has 0 aliphatic heterocycles. The van der Waals surface area contributed by atoms with Gasteiger partial charge in [-0.15, -0.1) is 10.2 Å². The van der Waals surface area contributed by atoms with Crippen LogP contribution in [0.4, 0.5) is 8.78 Å². The summed E-state index contributed by atoms with van der Waals surface area (Å²) in [6.45, 7) is 0. The van der Waals surface area contributed by atoms with Gasteiger partial charge in [-0.25, -0.2) is 8.78 Å². The highest BCUT2D eigenvalue weighted by Gasteiger charge is 2.18. The van der Waals surface area contributed by atoms with Crippen molar-refractivity contribution in [2.45, 2.75) is 48.9 Å². The standard InChI is InChI=1S/C12H19F2N3S2/c1-17-11(10(13)14)15-16-12(17)19-8-7-18-9-5-3-2-4-6-9/h9-10H,2-8H2,1H3. The highest BCUT2D eigenvalue weighted by Crippen LogP contribution is 2.29. The first-order chi connectivity index (χ1) is 9.18. The zero-order chi connectivity index (χ0) is 13.7. The largest absolute Gasteiger partial charge is 0.304 e. The average Bonchev–Trinajstić information content (AvgIpc) is 2.77. The van der Waals surface area contributed by atoms with E-state index in [0.29, 0.717) is 5.16 Å². The van der Waals surface area contributed by atoms with Gasteiger partial charge in [-0.05, 0) is 12.8 Å². The van der Waals surface area contributed by atoms with E-state index in [-0.39, 0.29) is 5.82 Å². The summed E-state index contributed by atoms with van der Waals surface area (Å²) < 4.78 is 26.5. The fraction of sp³-hybridized carbons (Fsp3) is 0.833. The van der Waals surface area contributed by atoms with E-state index in [1.807, 2.05) is 11.8 Å². The number of rotatable bonds is 6. The second kappa shape index (κ2) is 7.47. The molecule has 0 spiro atoms. The van der Waals surface area contributed by atoms with Gasteiger partial charge in [0.2, 0.25) is 5.82 Å². The Labute approximate surface area is 120 Å². The van der Waals surface area contributed by atoms with Crippen LogP contribution in [0.1, 0.15) is 44.4 Å². The lowest BCUT2D eigenvalue weighted by Gasteiger charge is -2.20. The van der Waals surface area contributed by atoms with Crippen LogP contribution in [0.5, 0.6) is 0 Å². The summed E-state index contributed by atoms with van der Waals surface area (Å²) in [5.74, 6) is 1.70. The summed E-state index contributed by atoms with van der Waals surface area (Å²) >= 11 is 3.52. The molecular formula is C12H19F2N3S2. The van der Waals surface area contributed by atoms with E-state index in [2.05, 4.69) is 10.2 Å². The molecule has 1 aliphatic rings. The normalized spacial score (nSPS) is 17.3. The van der Waals surface area contributed by atoms with Crippen LogP contribution in [-0.2, 0) is 7.05 Å². The third kappa shape index (κ3) is 4.34. The van der Waals surface area contributed by atoms with Crippen LogP contribution >= 0.6 is 23.5 Å². The lowest BCUT2D eigenvalue weighted by Crippen LogP contribution is -2.09. The topological polar surface area (TPSA) is 30.7 Å². The minimum Gasteiger partial charge on any atom is -0.304 e. The highest BCUT2D eigenvalue weighted by molar-refractivity contribution is 8.03. The van der Waals surface area contributed by atoms with Gasteiger partial charge in [0.1, 0.15) is 0 Å². The quantitative estimate of drug-likeness (QED) is 0.589.